The number of nitrogens with one attached hydrogen (secondary N) is 1. The van der Waals surface area contributed by atoms with Gasteiger partial charge in [0.05, 0.1) is 11.9 Å². The Hall–Kier alpha value is -2.73. The summed E-state index contributed by atoms with van der Waals surface area (Å²) in [5.41, 5.74) is 1.88. The van der Waals surface area contributed by atoms with Crippen LogP contribution >= 0.6 is 11.3 Å². The molecule has 0 aliphatic carbocycles. The maximum Gasteiger partial charge on any atom is 0.156 e. The van der Waals surface area contributed by atoms with E-state index in [2.05, 4.69) is 33.4 Å². The maximum atomic E-state index is 5.40. The van der Waals surface area contributed by atoms with E-state index in [0.717, 1.165) is 33.1 Å². The predicted molar refractivity (Wildman–Crippen MR) is 91.4 cm³/mol. The van der Waals surface area contributed by atoms with Crippen LogP contribution in [0.25, 0.3) is 21.5 Å². The topological polar surface area (TPSA) is 63.8 Å². The van der Waals surface area contributed by atoms with E-state index in [4.69, 9.17) is 4.52 Å². The minimum absolute atomic E-state index is 0.529. The van der Waals surface area contributed by atoms with Gasteiger partial charge in [-0.3, -0.25) is 0 Å². The van der Waals surface area contributed by atoms with Gasteiger partial charge < -0.3 is 9.84 Å². The summed E-state index contributed by atoms with van der Waals surface area (Å²) in [5.74, 6) is 1.58. The molecule has 1 N–H and O–H groups in total. The summed E-state index contributed by atoms with van der Waals surface area (Å²) < 4.78 is 5.40. The van der Waals surface area contributed by atoms with Crippen LogP contribution in [0.15, 0.2) is 53.3 Å². The summed E-state index contributed by atoms with van der Waals surface area (Å²) in [6.45, 7) is 2.60. The lowest BCUT2D eigenvalue weighted by molar-refractivity contribution is 0.390. The highest BCUT2D eigenvalue weighted by Crippen LogP contribution is 2.28. The van der Waals surface area contributed by atoms with Gasteiger partial charge in [0.2, 0.25) is 0 Å². The van der Waals surface area contributed by atoms with E-state index in [-0.39, 0.29) is 0 Å². The first-order valence-electron chi connectivity index (χ1n) is 7.25. The van der Waals surface area contributed by atoms with Crippen molar-refractivity contribution in [1.29, 1.82) is 0 Å². The molecule has 0 atom stereocenters. The van der Waals surface area contributed by atoms with Crippen LogP contribution in [0.1, 0.15) is 10.6 Å². The fourth-order valence-corrected chi connectivity index (χ4v) is 3.28. The number of rotatable bonds is 4. The van der Waals surface area contributed by atoms with Crippen molar-refractivity contribution < 1.29 is 4.52 Å². The maximum absolute atomic E-state index is 5.40. The van der Waals surface area contributed by atoms with Gasteiger partial charge in [0.25, 0.3) is 0 Å². The van der Waals surface area contributed by atoms with E-state index in [1.165, 1.54) is 4.88 Å². The van der Waals surface area contributed by atoms with Crippen molar-refractivity contribution in [2.24, 2.45) is 0 Å². The fourth-order valence-electron chi connectivity index (χ4n) is 2.43. The van der Waals surface area contributed by atoms with E-state index >= 15 is 0 Å². The summed E-state index contributed by atoms with van der Waals surface area (Å²) >= 11 is 1.66. The van der Waals surface area contributed by atoms with Gasteiger partial charge in [0.15, 0.2) is 5.76 Å². The number of benzene rings is 1. The summed E-state index contributed by atoms with van der Waals surface area (Å²) in [5, 5.41) is 8.46. The Morgan fingerprint density at radius 2 is 2.00 bits per heavy atom. The summed E-state index contributed by atoms with van der Waals surface area (Å²) in [4.78, 5) is 10.8. The minimum Gasteiger partial charge on any atom is -0.362 e. The number of hydrogen-bond acceptors (Lipinski definition) is 6. The zero-order valence-corrected chi connectivity index (χ0v) is 13.3. The molecule has 0 bridgehead atoms. The summed E-state index contributed by atoms with van der Waals surface area (Å²) in [6.07, 6.45) is 1.58. The number of nitrogens with zero attached hydrogens (tertiary/aromatic N) is 3. The van der Waals surface area contributed by atoms with Gasteiger partial charge in [-0.2, -0.15) is 0 Å². The minimum atomic E-state index is 0.529. The number of anilines is 1. The largest absolute Gasteiger partial charge is 0.362 e. The Morgan fingerprint density at radius 1 is 1.13 bits per heavy atom. The second kappa shape index (κ2) is 5.81. The van der Waals surface area contributed by atoms with Crippen molar-refractivity contribution in [3.05, 3.63) is 59.4 Å². The molecule has 6 heteroatoms. The third-order valence-electron chi connectivity index (χ3n) is 3.51. The predicted octanol–water partition coefficient (Wildman–Crippen LogP) is 4.27. The molecule has 0 fully saturated rings. The molecule has 4 rings (SSSR count). The molecule has 23 heavy (non-hydrogen) atoms. The van der Waals surface area contributed by atoms with Crippen molar-refractivity contribution >= 4 is 27.4 Å². The molecule has 0 aliphatic rings. The van der Waals surface area contributed by atoms with Crippen LogP contribution in [-0.2, 0) is 6.54 Å². The summed E-state index contributed by atoms with van der Waals surface area (Å²) in [6, 6.07) is 14.0. The van der Waals surface area contributed by atoms with Gasteiger partial charge in [-0.25, -0.2) is 9.97 Å². The number of aryl methyl sites for hydroxylation is 1. The monoisotopic (exact) mass is 322 g/mol. The quantitative estimate of drug-likeness (QED) is 0.608. The molecular weight excluding hydrogens is 308 g/mol. The van der Waals surface area contributed by atoms with Gasteiger partial charge in [-0.05, 0) is 13.0 Å². The molecule has 114 valence electrons. The molecule has 3 aromatic heterocycles. The van der Waals surface area contributed by atoms with Crippen molar-refractivity contribution in [2.75, 3.05) is 5.32 Å². The lowest BCUT2D eigenvalue weighted by Gasteiger charge is -2.03. The van der Waals surface area contributed by atoms with Crippen LogP contribution in [0.3, 0.4) is 0 Å². The Morgan fingerprint density at radius 3 is 2.87 bits per heavy atom. The van der Waals surface area contributed by atoms with E-state index < -0.39 is 0 Å². The molecule has 0 saturated carbocycles. The highest BCUT2D eigenvalue weighted by molar-refractivity contribution is 7.18. The molecule has 4 aromatic rings. The van der Waals surface area contributed by atoms with Crippen LogP contribution in [0.5, 0.6) is 0 Å². The molecule has 0 unspecified atom stereocenters. The van der Waals surface area contributed by atoms with Crippen LogP contribution in [0, 0.1) is 6.92 Å². The zero-order valence-electron chi connectivity index (χ0n) is 12.5. The van der Waals surface area contributed by atoms with E-state index in [1.807, 2.05) is 36.4 Å². The molecule has 0 spiro atoms. The lowest BCUT2D eigenvalue weighted by atomic mass is 10.1. The first-order chi connectivity index (χ1) is 11.3. The average Bonchev–Trinajstić information content (AvgIpc) is 3.19. The first kappa shape index (κ1) is 13.9. The van der Waals surface area contributed by atoms with E-state index in [0.29, 0.717) is 6.54 Å². The Kier molecular flexibility index (Phi) is 3.51. The van der Waals surface area contributed by atoms with Gasteiger partial charge in [0.1, 0.15) is 22.7 Å². The van der Waals surface area contributed by atoms with Crippen LogP contribution in [-0.4, -0.2) is 15.1 Å². The normalized spacial score (nSPS) is 11.0. The zero-order chi connectivity index (χ0) is 15.6. The van der Waals surface area contributed by atoms with Crippen LogP contribution in [0.2, 0.25) is 0 Å². The highest BCUT2D eigenvalue weighted by atomic mass is 32.1. The van der Waals surface area contributed by atoms with E-state index in [1.54, 1.807) is 17.7 Å². The van der Waals surface area contributed by atoms with Crippen molar-refractivity contribution in [3.63, 3.8) is 0 Å². The van der Waals surface area contributed by atoms with Crippen molar-refractivity contribution in [3.8, 4) is 11.3 Å². The number of hydrogen-bond donors (Lipinski definition) is 1. The smallest absolute Gasteiger partial charge is 0.156 e. The van der Waals surface area contributed by atoms with Crippen LogP contribution < -0.4 is 5.32 Å². The number of aromatic nitrogens is 3. The van der Waals surface area contributed by atoms with E-state index in [9.17, 15) is 0 Å². The van der Waals surface area contributed by atoms with Crippen LogP contribution in [0.4, 0.5) is 5.82 Å². The van der Waals surface area contributed by atoms with Gasteiger partial charge in [-0.1, -0.05) is 35.5 Å². The Labute approximate surface area is 137 Å². The van der Waals surface area contributed by atoms with Crippen molar-refractivity contribution in [2.45, 2.75) is 13.5 Å². The SMILES string of the molecule is Cc1cc2c(NCc3cc(-c4ccccc4)no3)ncnc2s1. The molecule has 3 heterocycles. The van der Waals surface area contributed by atoms with Gasteiger partial charge >= 0.3 is 0 Å². The third kappa shape index (κ3) is 2.80. The molecule has 0 amide bonds. The van der Waals surface area contributed by atoms with Gasteiger partial charge in [0, 0.05) is 16.5 Å². The van der Waals surface area contributed by atoms with Crippen molar-refractivity contribution in [1.82, 2.24) is 15.1 Å². The summed E-state index contributed by atoms with van der Waals surface area (Å²) in [7, 11) is 0. The first-order valence-corrected chi connectivity index (χ1v) is 8.07. The number of thiophene rings is 1. The number of fused-ring (bicyclic) bond motifs is 1. The Balaban J connectivity index is 1.54. The molecule has 1 aromatic carbocycles. The second-order valence-corrected chi connectivity index (χ2v) is 6.43. The lowest BCUT2D eigenvalue weighted by Crippen LogP contribution is -2.00. The standard InChI is InChI=1S/C17H14N4OS/c1-11-7-14-16(19-10-20-17(14)23-11)18-9-13-8-15(21-22-13)12-5-3-2-4-6-12/h2-8,10H,9H2,1H3,(H,18,19,20). The average molecular weight is 322 g/mol. The highest BCUT2D eigenvalue weighted by Gasteiger charge is 2.09. The fraction of sp³-hybridized carbons (Fsp3) is 0.118. The van der Waals surface area contributed by atoms with Gasteiger partial charge in [-0.15, -0.1) is 11.3 Å². The molecule has 0 aliphatic heterocycles. The molecule has 5 nitrogen and oxygen atoms in total. The second-order valence-electron chi connectivity index (χ2n) is 5.20. The molecule has 0 saturated heterocycles. The molecular formula is C17H14N4OS. The third-order valence-corrected chi connectivity index (χ3v) is 4.47. The molecule has 0 radical (unpaired) electrons. The Bertz CT molecular complexity index is 946.